The van der Waals surface area contributed by atoms with Crippen LogP contribution < -0.4 is 10.6 Å². The Balaban J connectivity index is 1.56. The largest absolute Gasteiger partial charge is 0.357 e. The van der Waals surface area contributed by atoms with Crippen LogP contribution in [-0.4, -0.2) is 47.5 Å². The molecule has 0 spiro atoms. The van der Waals surface area contributed by atoms with E-state index < -0.39 is 0 Å². The predicted molar refractivity (Wildman–Crippen MR) is 92.3 cm³/mol. The third-order valence-corrected chi connectivity index (χ3v) is 5.26. The molecule has 5 heteroatoms. The summed E-state index contributed by atoms with van der Waals surface area (Å²) in [5.41, 5.74) is 7.18. The van der Waals surface area contributed by atoms with Gasteiger partial charge in [0.05, 0.1) is 0 Å². The average molecular weight is 316 g/mol. The summed E-state index contributed by atoms with van der Waals surface area (Å²) < 4.78 is 0. The number of likely N-dealkylation sites (tertiary alicyclic amines) is 1. The van der Waals surface area contributed by atoms with E-state index in [1.165, 1.54) is 5.56 Å². The van der Waals surface area contributed by atoms with Crippen molar-refractivity contribution in [3.05, 3.63) is 23.9 Å². The van der Waals surface area contributed by atoms with Crippen LogP contribution in [0.5, 0.6) is 0 Å². The maximum absolute atomic E-state index is 12.8. The van der Waals surface area contributed by atoms with E-state index >= 15 is 0 Å². The highest BCUT2D eigenvalue weighted by Crippen LogP contribution is 2.26. The van der Waals surface area contributed by atoms with Crippen molar-refractivity contribution in [2.75, 3.05) is 24.5 Å². The van der Waals surface area contributed by atoms with Gasteiger partial charge in [0.1, 0.15) is 5.82 Å². The Morgan fingerprint density at radius 2 is 1.96 bits per heavy atom. The van der Waals surface area contributed by atoms with E-state index in [2.05, 4.69) is 33.8 Å². The van der Waals surface area contributed by atoms with Gasteiger partial charge in [-0.3, -0.25) is 4.79 Å². The molecule has 1 amide bonds. The van der Waals surface area contributed by atoms with Crippen molar-refractivity contribution in [1.29, 1.82) is 0 Å². The van der Waals surface area contributed by atoms with E-state index in [9.17, 15) is 4.79 Å². The molecule has 0 unspecified atom stereocenters. The summed E-state index contributed by atoms with van der Waals surface area (Å²) >= 11 is 0. The molecule has 2 N–H and O–H groups in total. The first-order chi connectivity index (χ1) is 11.0. The topological polar surface area (TPSA) is 62.5 Å². The molecule has 1 aromatic rings. The zero-order valence-corrected chi connectivity index (χ0v) is 14.2. The molecule has 3 heterocycles. The molecule has 3 rings (SSSR count). The van der Waals surface area contributed by atoms with E-state index in [0.29, 0.717) is 5.91 Å². The van der Waals surface area contributed by atoms with Crippen LogP contribution in [0.3, 0.4) is 0 Å². The van der Waals surface area contributed by atoms with Crippen molar-refractivity contribution in [1.82, 2.24) is 9.88 Å². The number of carbonyl (C=O) groups excluding carboxylic acids is 1. The Morgan fingerprint density at radius 1 is 1.22 bits per heavy atom. The van der Waals surface area contributed by atoms with Gasteiger partial charge in [-0.1, -0.05) is 6.07 Å². The summed E-state index contributed by atoms with van der Waals surface area (Å²) in [4.78, 5) is 21.7. The number of carbonyl (C=O) groups is 1. The fourth-order valence-electron chi connectivity index (χ4n) is 3.77. The van der Waals surface area contributed by atoms with Crippen LogP contribution >= 0.6 is 0 Å². The zero-order chi connectivity index (χ0) is 16.4. The second-order valence-electron chi connectivity index (χ2n) is 7.12. The Bertz CT molecular complexity index is 536. The molecule has 0 radical (unpaired) electrons. The third-order valence-electron chi connectivity index (χ3n) is 5.26. The zero-order valence-electron chi connectivity index (χ0n) is 14.2. The standard InChI is InChI=1S/C18H28N4O/c1-13-3-4-17(20-12-13)21-8-5-15(6-9-21)18(23)22-10-7-16(19)11-14(22)2/h3-4,12,14-16H,5-11,19H2,1-2H3/t14-,16+/m0/s1. The van der Waals surface area contributed by atoms with E-state index in [-0.39, 0.29) is 18.0 Å². The molecular formula is C18H28N4O. The fourth-order valence-corrected chi connectivity index (χ4v) is 3.77. The van der Waals surface area contributed by atoms with Gasteiger partial charge in [-0.15, -0.1) is 0 Å². The minimum absolute atomic E-state index is 0.161. The number of rotatable bonds is 2. The monoisotopic (exact) mass is 316 g/mol. The van der Waals surface area contributed by atoms with E-state index in [1.807, 2.05) is 13.1 Å². The Morgan fingerprint density at radius 3 is 2.57 bits per heavy atom. The number of pyridine rings is 1. The van der Waals surface area contributed by atoms with Crippen molar-refractivity contribution in [3.63, 3.8) is 0 Å². The van der Waals surface area contributed by atoms with Gasteiger partial charge >= 0.3 is 0 Å². The Labute approximate surface area is 138 Å². The number of hydrogen-bond donors (Lipinski definition) is 1. The van der Waals surface area contributed by atoms with Crippen LogP contribution in [0.15, 0.2) is 18.3 Å². The molecule has 2 aliphatic heterocycles. The number of anilines is 1. The molecule has 0 aromatic carbocycles. The van der Waals surface area contributed by atoms with Gasteiger partial charge in [0.25, 0.3) is 0 Å². The second-order valence-corrected chi connectivity index (χ2v) is 7.12. The number of nitrogens with zero attached hydrogens (tertiary/aromatic N) is 3. The molecular weight excluding hydrogens is 288 g/mol. The summed E-state index contributed by atoms with van der Waals surface area (Å²) in [6.07, 6.45) is 5.61. The lowest BCUT2D eigenvalue weighted by Crippen LogP contribution is -2.51. The Hall–Kier alpha value is -1.62. The van der Waals surface area contributed by atoms with Crippen molar-refractivity contribution in [2.45, 2.75) is 51.6 Å². The van der Waals surface area contributed by atoms with Gasteiger partial charge in [0.15, 0.2) is 0 Å². The number of nitrogens with two attached hydrogens (primary N) is 1. The van der Waals surface area contributed by atoms with Crippen LogP contribution in [-0.2, 0) is 4.79 Å². The molecule has 2 aliphatic rings. The lowest BCUT2D eigenvalue weighted by molar-refractivity contribution is -0.139. The van der Waals surface area contributed by atoms with Crippen molar-refractivity contribution in [2.24, 2.45) is 11.7 Å². The smallest absolute Gasteiger partial charge is 0.226 e. The number of amides is 1. The molecule has 126 valence electrons. The second kappa shape index (κ2) is 6.87. The van der Waals surface area contributed by atoms with Crippen LogP contribution in [0.2, 0.25) is 0 Å². The predicted octanol–water partition coefficient (Wildman–Crippen LogP) is 1.94. The molecule has 2 saturated heterocycles. The molecule has 5 nitrogen and oxygen atoms in total. The minimum Gasteiger partial charge on any atom is -0.357 e. The number of hydrogen-bond acceptors (Lipinski definition) is 4. The SMILES string of the molecule is Cc1ccc(N2CCC(C(=O)N3CC[C@@H](N)C[C@@H]3C)CC2)nc1. The summed E-state index contributed by atoms with van der Waals surface area (Å²) in [5, 5.41) is 0. The minimum atomic E-state index is 0.161. The summed E-state index contributed by atoms with van der Waals surface area (Å²) in [6, 6.07) is 4.70. The normalized spacial score (nSPS) is 26.4. The molecule has 0 saturated carbocycles. The molecule has 2 atom stereocenters. The summed E-state index contributed by atoms with van der Waals surface area (Å²) in [6.45, 7) is 6.82. The van der Waals surface area contributed by atoms with Gasteiger partial charge in [0.2, 0.25) is 5.91 Å². The highest BCUT2D eigenvalue weighted by molar-refractivity contribution is 5.79. The average Bonchev–Trinajstić information content (AvgIpc) is 2.55. The van der Waals surface area contributed by atoms with Gasteiger partial charge in [0, 0.05) is 43.8 Å². The molecule has 2 fully saturated rings. The van der Waals surface area contributed by atoms with Crippen LogP contribution in [0, 0.1) is 12.8 Å². The van der Waals surface area contributed by atoms with E-state index in [4.69, 9.17) is 5.73 Å². The number of aryl methyl sites for hydroxylation is 1. The summed E-state index contributed by atoms with van der Waals surface area (Å²) in [5.74, 6) is 1.52. The first-order valence-electron chi connectivity index (χ1n) is 8.78. The maximum Gasteiger partial charge on any atom is 0.226 e. The van der Waals surface area contributed by atoms with Gasteiger partial charge in [-0.05, 0) is 51.2 Å². The lowest BCUT2D eigenvalue weighted by atomic mass is 9.92. The lowest BCUT2D eigenvalue weighted by Gasteiger charge is -2.40. The fraction of sp³-hybridized carbons (Fsp3) is 0.667. The first kappa shape index (κ1) is 16.2. The first-order valence-corrected chi connectivity index (χ1v) is 8.78. The van der Waals surface area contributed by atoms with Crippen molar-refractivity contribution < 1.29 is 4.79 Å². The summed E-state index contributed by atoms with van der Waals surface area (Å²) in [7, 11) is 0. The molecule has 1 aromatic heterocycles. The maximum atomic E-state index is 12.8. The molecule has 0 bridgehead atoms. The van der Waals surface area contributed by atoms with Crippen LogP contribution in [0.1, 0.15) is 38.2 Å². The number of aromatic nitrogens is 1. The molecule has 0 aliphatic carbocycles. The van der Waals surface area contributed by atoms with Crippen LogP contribution in [0.25, 0.3) is 0 Å². The van der Waals surface area contributed by atoms with Gasteiger partial charge in [-0.2, -0.15) is 0 Å². The van der Waals surface area contributed by atoms with Gasteiger partial charge in [-0.25, -0.2) is 4.98 Å². The van der Waals surface area contributed by atoms with Crippen molar-refractivity contribution in [3.8, 4) is 0 Å². The highest BCUT2D eigenvalue weighted by atomic mass is 16.2. The third kappa shape index (κ3) is 3.66. The highest BCUT2D eigenvalue weighted by Gasteiger charge is 2.33. The van der Waals surface area contributed by atoms with Crippen LogP contribution in [0.4, 0.5) is 5.82 Å². The quantitative estimate of drug-likeness (QED) is 0.906. The molecule has 23 heavy (non-hydrogen) atoms. The van der Waals surface area contributed by atoms with E-state index in [0.717, 1.165) is 51.1 Å². The Kier molecular flexibility index (Phi) is 4.85. The number of piperidine rings is 2. The van der Waals surface area contributed by atoms with Crippen molar-refractivity contribution >= 4 is 11.7 Å². The van der Waals surface area contributed by atoms with E-state index in [1.54, 1.807) is 0 Å². The van der Waals surface area contributed by atoms with Gasteiger partial charge < -0.3 is 15.5 Å².